The molecule has 5 nitrogen and oxygen atoms in total. The highest BCUT2D eigenvalue weighted by Crippen LogP contribution is 2.27. The van der Waals surface area contributed by atoms with Crippen LogP contribution in [0, 0.1) is 0 Å². The number of halogens is 1. The lowest BCUT2D eigenvalue weighted by Crippen LogP contribution is -2.17. The molecule has 2 amide bonds. The van der Waals surface area contributed by atoms with Crippen molar-refractivity contribution in [3.8, 4) is 0 Å². The lowest BCUT2D eigenvalue weighted by atomic mass is 10.2. The van der Waals surface area contributed by atoms with Crippen molar-refractivity contribution in [2.75, 3.05) is 10.6 Å². The van der Waals surface area contributed by atoms with Crippen LogP contribution in [0.3, 0.4) is 0 Å². The maximum absolute atomic E-state index is 13.1. The average Bonchev–Trinajstić information content (AvgIpc) is 3.09. The zero-order valence-corrected chi connectivity index (χ0v) is 17.1. The van der Waals surface area contributed by atoms with Crippen molar-refractivity contribution in [2.24, 2.45) is 0 Å². The molecule has 6 heteroatoms. The third kappa shape index (κ3) is 4.21. The average molecular weight is 418 g/mol. The Morgan fingerprint density at radius 1 is 0.900 bits per heavy atom. The van der Waals surface area contributed by atoms with E-state index in [0.717, 1.165) is 16.5 Å². The molecular weight excluding hydrogens is 398 g/mol. The number of hydrogen-bond donors (Lipinski definition) is 2. The van der Waals surface area contributed by atoms with Crippen molar-refractivity contribution < 1.29 is 9.59 Å². The van der Waals surface area contributed by atoms with Crippen LogP contribution < -0.4 is 10.6 Å². The summed E-state index contributed by atoms with van der Waals surface area (Å²) in [5, 5.41) is 6.91. The molecule has 0 saturated heterocycles. The lowest BCUT2D eigenvalue weighted by molar-refractivity contribution is -0.114. The first-order valence-corrected chi connectivity index (χ1v) is 9.90. The van der Waals surface area contributed by atoms with Gasteiger partial charge in [-0.1, -0.05) is 60.1 Å². The van der Waals surface area contributed by atoms with Crippen LogP contribution in [0.25, 0.3) is 10.9 Å². The summed E-state index contributed by atoms with van der Waals surface area (Å²) in [6.07, 6.45) is 0. The van der Waals surface area contributed by atoms with Crippen LogP contribution in [0.15, 0.2) is 78.9 Å². The van der Waals surface area contributed by atoms with Gasteiger partial charge in [0.25, 0.3) is 5.91 Å². The molecule has 4 rings (SSSR count). The maximum atomic E-state index is 13.1. The number of amides is 2. The molecule has 0 unspecified atom stereocenters. The highest BCUT2D eigenvalue weighted by molar-refractivity contribution is 6.34. The second-order valence-corrected chi connectivity index (χ2v) is 7.40. The number of para-hydroxylation sites is 1. The van der Waals surface area contributed by atoms with Gasteiger partial charge in [-0.3, -0.25) is 9.59 Å². The Balaban J connectivity index is 1.65. The smallest absolute Gasteiger partial charge is 0.272 e. The number of fused-ring (bicyclic) bond motifs is 1. The van der Waals surface area contributed by atoms with Crippen molar-refractivity contribution in [2.45, 2.75) is 13.5 Å². The predicted molar refractivity (Wildman–Crippen MR) is 121 cm³/mol. The molecule has 0 fully saturated rings. The molecule has 0 aliphatic heterocycles. The highest BCUT2D eigenvalue weighted by Gasteiger charge is 2.16. The fourth-order valence-electron chi connectivity index (χ4n) is 3.41. The number of hydrogen-bond acceptors (Lipinski definition) is 2. The number of carbonyl (C=O) groups excluding carboxylic acids is 2. The molecule has 3 aromatic carbocycles. The molecule has 2 N–H and O–H groups in total. The largest absolute Gasteiger partial charge is 0.332 e. The summed E-state index contributed by atoms with van der Waals surface area (Å²) < 4.78 is 2.01. The molecule has 30 heavy (non-hydrogen) atoms. The van der Waals surface area contributed by atoms with Crippen LogP contribution in [0.2, 0.25) is 5.02 Å². The van der Waals surface area contributed by atoms with Crippen LogP contribution in [0.5, 0.6) is 0 Å². The van der Waals surface area contributed by atoms with Crippen LogP contribution in [-0.4, -0.2) is 16.4 Å². The molecule has 0 atom stereocenters. The highest BCUT2D eigenvalue weighted by atomic mass is 35.5. The topological polar surface area (TPSA) is 63.1 Å². The van der Waals surface area contributed by atoms with E-state index in [-0.39, 0.29) is 11.8 Å². The quantitative estimate of drug-likeness (QED) is 0.447. The Morgan fingerprint density at radius 2 is 1.63 bits per heavy atom. The van der Waals surface area contributed by atoms with Gasteiger partial charge < -0.3 is 15.2 Å². The minimum atomic E-state index is -0.231. The summed E-state index contributed by atoms with van der Waals surface area (Å²) in [7, 11) is 0. The Hall–Kier alpha value is -3.57. The minimum Gasteiger partial charge on any atom is -0.332 e. The number of benzene rings is 3. The monoisotopic (exact) mass is 417 g/mol. The minimum absolute atomic E-state index is 0.209. The van der Waals surface area contributed by atoms with E-state index in [2.05, 4.69) is 10.6 Å². The Morgan fingerprint density at radius 3 is 2.37 bits per heavy atom. The fraction of sp³-hybridized carbons (Fsp3) is 0.0833. The standard InChI is InChI=1S/C24H20ClN3O2/c1-16(29)26-21-12-11-19(14-20(21)25)27-24(30)23-13-18-9-5-6-10-22(18)28(23)15-17-7-3-2-4-8-17/h2-14H,15H2,1H3,(H,26,29)(H,27,30). The van der Waals surface area contributed by atoms with E-state index in [1.807, 2.05) is 65.2 Å². The fourth-order valence-corrected chi connectivity index (χ4v) is 3.64. The van der Waals surface area contributed by atoms with Gasteiger partial charge in [-0.15, -0.1) is 0 Å². The van der Waals surface area contributed by atoms with Crippen LogP contribution >= 0.6 is 11.6 Å². The molecule has 0 aliphatic carbocycles. The van der Waals surface area contributed by atoms with E-state index in [1.165, 1.54) is 6.92 Å². The van der Waals surface area contributed by atoms with Crippen molar-refractivity contribution in [1.82, 2.24) is 4.57 Å². The molecule has 150 valence electrons. The summed E-state index contributed by atoms with van der Waals surface area (Å²) >= 11 is 6.23. The molecule has 0 aliphatic rings. The van der Waals surface area contributed by atoms with Crippen molar-refractivity contribution >= 4 is 45.7 Å². The molecule has 0 bridgehead atoms. The third-order valence-electron chi connectivity index (χ3n) is 4.76. The van der Waals surface area contributed by atoms with E-state index in [9.17, 15) is 9.59 Å². The number of anilines is 2. The number of nitrogens with zero attached hydrogens (tertiary/aromatic N) is 1. The van der Waals surface area contributed by atoms with Gasteiger partial charge in [-0.2, -0.15) is 0 Å². The lowest BCUT2D eigenvalue weighted by Gasteiger charge is -2.12. The summed E-state index contributed by atoms with van der Waals surface area (Å²) in [6, 6.07) is 24.8. The van der Waals surface area contributed by atoms with Gasteiger partial charge in [0.15, 0.2) is 0 Å². The molecule has 4 aromatic rings. The van der Waals surface area contributed by atoms with E-state index < -0.39 is 0 Å². The van der Waals surface area contributed by atoms with E-state index in [4.69, 9.17) is 11.6 Å². The van der Waals surface area contributed by atoms with Crippen molar-refractivity contribution in [3.63, 3.8) is 0 Å². The van der Waals surface area contributed by atoms with Crippen molar-refractivity contribution in [1.29, 1.82) is 0 Å². The molecule has 1 aromatic heterocycles. The zero-order valence-electron chi connectivity index (χ0n) is 16.4. The first-order valence-electron chi connectivity index (χ1n) is 9.52. The van der Waals surface area contributed by atoms with Gasteiger partial charge in [0, 0.05) is 30.1 Å². The van der Waals surface area contributed by atoms with Crippen molar-refractivity contribution in [3.05, 3.63) is 95.1 Å². The van der Waals surface area contributed by atoms with Crippen LogP contribution in [0.4, 0.5) is 11.4 Å². The number of nitrogens with one attached hydrogen (secondary N) is 2. The second kappa shape index (κ2) is 8.43. The third-order valence-corrected chi connectivity index (χ3v) is 5.08. The van der Waals surface area contributed by atoms with Gasteiger partial charge >= 0.3 is 0 Å². The Kier molecular flexibility index (Phi) is 5.55. The van der Waals surface area contributed by atoms with Gasteiger partial charge in [0.1, 0.15) is 5.69 Å². The molecule has 1 heterocycles. The molecular formula is C24H20ClN3O2. The first kappa shape index (κ1) is 19.7. The summed E-state index contributed by atoms with van der Waals surface area (Å²) in [5.74, 6) is -0.440. The zero-order chi connectivity index (χ0) is 21.1. The maximum Gasteiger partial charge on any atom is 0.272 e. The van der Waals surface area contributed by atoms with E-state index in [0.29, 0.717) is 28.6 Å². The van der Waals surface area contributed by atoms with E-state index in [1.54, 1.807) is 18.2 Å². The molecule has 0 saturated carbocycles. The van der Waals surface area contributed by atoms with Gasteiger partial charge in [0.2, 0.25) is 5.91 Å². The van der Waals surface area contributed by atoms with Gasteiger partial charge in [-0.25, -0.2) is 0 Å². The van der Waals surface area contributed by atoms with Crippen LogP contribution in [-0.2, 0) is 11.3 Å². The molecule has 0 radical (unpaired) electrons. The first-order chi connectivity index (χ1) is 14.5. The SMILES string of the molecule is CC(=O)Nc1ccc(NC(=O)c2cc3ccccc3n2Cc2ccccc2)cc1Cl. The Bertz CT molecular complexity index is 1230. The number of aromatic nitrogens is 1. The summed E-state index contributed by atoms with van der Waals surface area (Å²) in [6.45, 7) is 2.00. The van der Waals surface area contributed by atoms with Crippen LogP contribution in [0.1, 0.15) is 23.0 Å². The molecule has 0 spiro atoms. The predicted octanol–water partition coefficient (Wildman–Crippen LogP) is 5.55. The number of rotatable bonds is 5. The number of carbonyl (C=O) groups is 2. The normalized spacial score (nSPS) is 10.7. The summed E-state index contributed by atoms with van der Waals surface area (Å²) in [4.78, 5) is 24.4. The summed E-state index contributed by atoms with van der Waals surface area (Å²) in [5.41, 5.74) is 3.71. The Labute approximate surface area is 179 Å². The second-order valence-electron chi connectivity index (χ2n) is 6.99. The van der Waals surface area contributed by atoms with E-state index >= 15 is 0 Å². The van der Waals surface area contributed by atoms with Gasteiger partial charge in [0.05, 0.1) is 10.7 Å². The van der Waals surface area contributed by atoms with Gasteiger partial charge in [-0.05, 0) is 35.9 Å².